The van der Waals surface area contributed by atoms with Crippen LogP contribution in [0.15, 0.2) is 53.0 Å². The number of hydrogen-bond donors (Lipinski definition) is 0. The Balaban J connectivity index is 1.90. The maximum atomic E-state index is 5.43. The molecule has 0 amide bonds. The smallest absolute Gasteiger partial charge is 0.0594 e. The van der Waals surface area contributed by atoms with Gasteiger partial charge >= 0.3 is 0 Å². The molecule has 20 heavy (non-hydrogen) atoms. The molecule has 3 heteroatoms. The van der Waals surface area contributed by atoms with Crippen LogP contribution in [-0.2, 0) is 11.3 Å². The van der Waals surface area contributed by atoms with Crippen LogP contribution in [0.5, 0.6) is 0 Å². The summed E-state index contributed by atoms with van der Waals surface area (Å²) in [7, 11) is 0. The van der Waals surface area contributed by atoms with Gasteiger partial charge in [0.15, 0.2) is 0 Å². The molecule has 2 aromatic rings. The van der Waals surface area contributed by atoms with Gasteiger partial charge in [-0.05, 0) is 28.8 Å². The van der Waals surface area contributed by atoms with Gasteiger partial charge in [0.2, 0.25) is 0 Å². The number of hydrogen-bond acceptors (Lipinski definition) is 2. The topological polar surface area (TPSA) is 12.5 Å². The summed E-state index contributed by atoms with van der Waals surface area (Å²) < 4.78 is 6.56. The molecular weight excluding hydrogens is 314 g/mol. The van der Waals surface area contributed by atoms with E-state index in [-0.39, 0.29) is 0 Å². The first-order chi connectivity index (χ1) is 9.83. The van der Waals surface area contributed by atoms with Crippen LogP contribution in [0.2, 0.25) is 0 Å². The van der Waals surface area contributed by atoms with Crippen LogP contribution in [0.3, 0.4) is 0 Å². The fourth-order valence-electron chi connectivity index (χ4n) is 2.59. The molecule has 2 aromatic carbocycles. The van der Waals surface area contributed by atoms with Gasteiger partial charge in [0, 0.05) is 24.1 Å². The van der Waals surface area contributed by atoms with Gasteiger partial charge in [-0.25, -0.2) is 0 Å². The van der Waals surface area contributed by atoms with Crippen molar-refractivity contribution in [1.82, 2.24) is 4.90 Å². The maximum absolute atomic E-state index is 5.43. The Kier molecular flexibility index (Phi) is 4.51. The predicted molar refractivity (Wildman–Crippen MR) is 85.7 cm³/mol. The van der Waals surface area contributed by atoms with Gasteiger partial charge in [-0.15, -0.1) is 0 Å². The average molecular weight is 332 g/mol. The van der Waals surface area contributed by atoms with Crippen LogP contribution < -0.4 is 0 Å². The number of benzene rings is 2. The molecule has 1 fully saturated rings. The fraction of sp³-hybridized carbons (Fsp3) is 0.294. The van der Waals surface area contributed by atoms with Gasteiger partial charge < -0.3 is 4.74 Å². The minimum atomic E-state index is 0.842. The SMILES string of the molecule is Brc1ccc(-c2ccccc2)c(CN2CCOCC2)c1. The van der Waals surface area contributed by atoms with Crippen molar-refractivity contribution in [2.24, 2.45) is 0 Å². The van der Waals surface area contributed by atoms with Crippen LogP contribution in [0, 0.1) is 0 Å². The zero-order valence-electron chi connectivity index (χ0n) is 11.4. The number of ether oxygens (including phenoxy) is 1. The van der Waals surface area contributed by atoms with E-state index in [1.165, 1.54) is 16.7 Å². The second-order valence-electron chi connectivity index (χ2n) is 5.06. The number of nitrogens with zero attached hydrogens (tertiary/aromatic N) is 1. The third-order valence-corrected chi connectivity index (χ3v) is 4.14. The van der Waals surface area contributed by atoms with Crippen molar-refractivity contribution in [1.29, 1.82) is 0 Å². The first kappa shape index (κ1) is 13.8. The Morgan fingerprint density at radius 1 is 1.00 bits per heavy atom. The minimum Gasteiger partial charge on any atom is -0.379 e. The van der Waals surface area contributed by atoms with E-state index in [0.717, 1.165) is 37.3 Å². The summed E-state index contributed by atoms with van der Waals surface area (Å²) in [4.78, 5) is 2.46. The normalized spacial score (nSPS) is 16.2. The van der Waals surface area contributed by atoms with Crippen molar-refractivity contribution in [3.8, 4) is 11.1 Å². The molecule has 0 spiro atoms. The van der Waals surface area contributed by atoms with Gasteiger partial charge in [0.1, 0.15) is 0 Å². The fourth-order valence-corrected chi connectivity index (χ4v) is 3.00. The number of rotatable bonds is 3. The van der Waals surface area contributed by atoms with E-state index in [9.17, 15) is 0 Å². The van der Waals surface area contributed by atoms with Crippen LogP contribution in [0.4, 0.5) is 0 Å². The summed E-state index contributed by atoms with van der Waals surface area (Å²) in [5.74, 6) is 0. The molecule has 0 unspecified atom stereocenters. The van der Waals surface area contributed by atoms with Crippen LogP contribution in [-0.4, -0.2) is 31.2 Å². The second kappa shape index (κ2) is 6.53. The Labute approximate surface area is 128 Å². The molecule has 0 bridgehead atoms. The molecule has 0 N–H and O–H groups in total. The molecule has 0 aliphatic carbocycles. The van der Waals surface area contributed by atoms with E-state index in [1.54, 1.807) is 0 Å². The summed E-state index contributed by atoms with van der Waals surface area (Å²) in [6.07, 6.45) is 0. The lowest BCUT2D eigenvalue weighted by Gasteiger charge is -2.27. The van der Waals surface area contributed by atoms with E-state index >= 15 is 0 Å². The lowest BCUT2D eigenvalue weighted by molar-refractivity contribution is 0.0342. The van der Waals surface area contributed by atoms with Crippen molar-refractivity contribution in [2.45, 2.75) is 6.54 Å². The molecule has 1 aliphatic rings. The first-order valence-electron chi connectivity index (χ1n) is 6.97. The van der Waals surface area contributed by atoms with Gasteiger partial charge in [0.05, 0.1) is 13.2 Å². The van der Waals surface area contributed by atoms with Gasteiger partial charge in [-0.2, -0.15) is 0 Å². The quantitative estimate of drug-likeness (QED) is 0.844. The second-order valence-corrected chi connectivity index (χ2v) is 5.97. The summed E-state index contributed by atoms with van der Waals surface area (Å²) in [6.45, 7) is 4.69. The Morgan fingerprint density at radius 3 is 2.50 bits per heavy atom. The van der Waals surface area contributed by atoms with Crippen LogP contribution >= 0.6 is 15.9 Å². The summed E-state index contributed by atoms with van der Waals surface area (Å²) >= 11 is 3.59. The van der Waals surface area contributed by atoms with Gasteiger partial charge in [-0.3, -0.25) is 4.90 Å². The first-order valence-corrected chi connectivity index (χ1v) is 7.76. The number of halogens is 1. The van der Waals surface area contributed by atoms with Crippen molar-refractivity contribution >= 4 is 15.9 Å². The maximum Gasteiger partial charge on any atom is 0.0594 e. The highest BCUT2D eigenvalue weighted by atomic mass is 79.9. The van der Waals surface area contributed by atoms with Gasteiger partial charge in [-0.1, -0.05) is 52.3 Å². The zero-order valence-corrected chi connectivity index (χ0v) is 13.0. The van der Waals surface area contributed by atoms with E-state index in [1.807, 2.05) is 0 Å². The average Bonchev–Trinajstić information content (AvgIpc) is 2.49. The lowest BCUT2D eigenvalue weighted by atomic mass is 9.99. The lowest BCUT2D eigenvalue weighted by Crippen LogP contribution is -2.35. The van der Waals surface area contributed by atoms with E-state index in [4.69, 9.17) is 4.74 Å². The van der Waals surface area contributed by atoms with Gasteiger partial charge in [0.25, 0.3) is 0 Å². The van der Waals surface area contributed by atoms with E-state index in [2.05, 4.69) is 69.4 Å². The molecule has 0 saturated carbocycles. The van der Waals surface area contributed by atoms with E-state index < -0.39 is 0 Å². The van der Waals surface area contributed by atoms with Crippen LogP contribution in [0.1, 0.15) is 5.56 Å². The molecule has 1 heterocycles. The summed E-state index contributed by atoms with van der Waals surface area (Å²) in [5.41, 5.74) is 3.97. The molecule has 1 saturated heterocycles. The molecule has 104 valence electrons. The summed E-state index contributed by atoms with van der Waals surface area (Å²) in [6, 6.07) is 17.1. The Morgan fingerprint density at radius 2 is 1.75 bits per heavy atom. The Bertz CT molecular complexity index is 564. The Hall–Kier alpha value is -1.16. The van der Waals surface area contributed by atoms with Crippen LogP contribution in [0.25, 0.3) is 11.1 Å². The monoisotopic (exact) mass is 331 g/mol. The summed E-state index contributed by atoms with van der Waals surface area (Å²) in [5, 5.41) is 0. The molecule has 1 aliphatic heterocycles. The molecule has 0 atom stereocenters. The molecule has 0 radical (unpaired) electrons. The van der Waals surface area contributed by atoms with Crippen molar-refractivity contribution in [3.63, 3.8) is 0 Å². The standard InChI is InChI=1S/C17H18BrNO/c18-16-6-7-17(14-4-2-1-3-5-14)15(12-16)13-19-8-10-20-11-9-19/h1-7,12H,8-11,13H2. The highest BCUT2D eigenvalue weighted by molar-refractivity contribution is 9.10. The van der Waals surface area contributed by atoms with Crippen molar-refractivity contribution in [2.75, 3.05) is 26.3 Å². The van der Waals surface area contributed by atoms with Crippen molar-refractivity contribution in [3.05, 3.63) is 58.6 Å². The third-order valence-electron chi connectivity index (χ3n) is 3.65. The minimum absolute atomic E-state index is 0.842. The largest absolute Gasteiger partial charge is 0.379 e. The number of morpholine rings is 1. The molecular formula is C17H18BrNO. The third kappa shape index (κ3) is 3.29. The zero-order chi connectivity index (χ0) is 13.8. The molecule has 0 aromatic heterocycles. The molecule has 2 nitrogen and oxygen atoms in total. The van der Waals surface area contributed by atoms with E-state index in [0.29, 0.717) is 0 Å². The molecule has 3 rings (SSSR count). The van der Waals surface area contributed by atoms with Crippen molar-refractivity contribution < 1.29 is 4.74 Å². The highest BCUT2D eigenvalue weighted by Crippen LogP contribution is 2.27. The highest BCUT2D eigenvalue weighted by Gasteiger charge is 2.13. The predicted octanol–water partition coefficient (Wildman–Crippen LogP) is 3.95.